The predicted octanol–water partition coefficient (Wildman–Crippen LogP) is 3.15. The third kappa shape index (κ3) is 3.25. The molecule has 1 aromatic rings. The van der Waals surface area contributed by atoms with Gasteiger partial charge in [-0.15, -0.1) is 0 Å². The third-order valence-corrected chi connectivity index (χ3v) is 2.61. The molecule has 4 heteroatoms. The van der Waals surface area contributed by atoms with Gasteiger partial charge in [0.05, 0.1) is 13.5 Å². The average molecular weight is 242 g/mol. The van der Waals surface area contributed by atoms with Crippen LogP contribution in [0.15, 0.2) is 24.3 Å². The Bertz CT molecular complexity index is 400. The molecule has 1 aromatic carbocycles. The number of halogens is 2. The molecule has 0 saturated carbocycles. The van der Waals surface area contributed by atoms with Crippen molar-refractivity contribution in [2.75, 3.05) is 7.11 Å². The number of hydrogen-bond acceptors (Lipinski definition) is 2. The maximum Gasteiger partial charge on any atom is 0.309 e. The van der Waals surface area contributed by atoms with Gasteiger partial charge in [0.25, 0.3) is 5.92 Å². The minimum Gasteiger partial charge on any atom is -0.469 e. The van der Waals surface area contributed by atoms with Crippen molar-refractivity contribution in [3.8, 4) is 0 Å². The number of methoxy groups -OCH3 is 1. The molecule has 0 radical (unpaired) electrons. The minimum atomic E-state index is -2.88. The van der Waals surface area contributed by atoms with Gasteiger partial charge in [0, 0.05) is 11.5 Å². The Labute approximate surface area is 99.6 Å². The molecular formula is C13H16F2O2. The fraction of sp³-hybridized carbons (Fsp3) is 0.462. The lowest BCUT2D eigenvalue weighted by atomic mass is 9.96. The van der Waals surface area contributed by atoms with E-state index in [1.807, 2.05) is 0 Å². The van der Waals surface area contributed by atoms with Crippen molar-refractivity contribution in [3.05, 3.63) is 35.4 Å². The van der Waals surface area contributed by atoms with E-state index >= 15 is 0 Å². The van der Waals surface area contributed by atoms with Crippen LogP contribution in [0.5, 0.6) is 0 Å². The van der Waals surface area contributed by atoms with Gasteiger partial charge in [0.2, 0.25) is 0 Å². The van der Waals surface area contributed by atoms with Gasteiger partial charge in [-0.2, -0.15) is 0 Å². The molecular weight excluding hydrogens is 226 g/mol. The summed E-state index contributed by atoms with van der Waals surface area (Å²) in [5.74, 6) is -4.10. The maximum absolute atomic E-state index is 13.8. The minimum absolute atomic E-state index is 0.0124. The quantitative estimate of drug-likeness (QED) is 0.758. The van der Waals surface area contributed by atoms with Gasteiger partial charge in [0.1, 0.15) is 0 Å². The lowest BCUT2D eigenvalue weighted by Gasteiger charge is -2.21. The van der Waals surface area contributed by atoms with Gasteiger partial charge in [0.15, 0.2) is 0 Å². The van der Waals surface area contributed by atoms with Crippen LogP contribution in [-0.4, -0.2) is 13.1 Å². The highest BCUT2D eigenvalue weighted by Gasteiger charge is 2.35. The summed E-state index contributed by atoms with van der Waals surface area (Å²) in [5, 5.41) is 0. The summed E-state index contributed by atoms with van der Waals surface area (Å²) in [6.45, 7) is 2.93. The van der Waals surface area contributed by atoms with Crippen molar-refractivity contribution in [2.24, 2.45) is 5.92 Å². The molecule has 0 N–H and O–H groups in total. The molecule has 0 saturated heterocycles. The van der Waals surface area contributed by atoms with Crippen LogP contribution in [0.1, 0.15) is 25.0 Å². The number of ether oxygens (including phenoxy) is 1. The van der Waals surface area contributed by atoms with E-state index in [-0.39, 0.29) is 12.0 Å². The van der Waals surface area contributed by atoms with Crippen LogP contribution in [0.25, 0.3) is 0 Å². The Hall–Kier alpha value is -1.45. The van der Waals surface area contributed by atoms with Crippen molar-refractivity contribution < 1.29 is 18.3 Å². The molecule has 0 atom stereocenters. The first-order chi connectivity index (χ1) is 7.87. The van der Waals surface area contributed by atoms with Crippen molar-refractivity contribution in [3.63, 3.8) is 0 Å². The topological polar surface area (TPSA) is 26.3 Å². The predicted molar refractivity (Wildman–Crippen MR) is 60.9 cm³/mol. The highest BCUT2D eigenvalue weighted by molar-refractivity contribution is 5.72. The molecule has 0 aromatic heterocycles. The molecule has 1 rings (SSSR count). The first-order valence-corrected chi connectivity index (χ1v) is 5.42. The number of carbonyl (C=O) groups is 1. The number of rotatable bonds is 4. The Balaban J connectivity index is 2.97. The first-order valence-electron chi connectivity index (χ1n) is 5.42. The second-order valence-electron chi connectivity index (χ2n) is 4.23. The van der Waals surface area contributed by atoms with E-state index in [0.717, 1.165) is 0 Å². The molecule has 0 bridgehead atoms. The van der Waals surface area contributed by atoms with Gasteiger partial charge in [-0.1, -0.05) is 32.0 Å². The second kappa shape index (κ2) is 5.25. The SMILES string of the molecule is COC(=O)Cc1cccc(C(F)(F)C(C)C)c1. The lowest BCUT2D eigenvalue weighted by Crippen LogP contribution is -2.21. The average Bonchev–Trinajstić information content (AvgIpc) is 2.29. The zero-order chi connectivity index (χ0) is 13.1. The smallest absolute Gasteiger partial charge is 0.309 e. The van der Waals surface area contributed by atoms with Crippen molar-refractivity contribution in [1.82, 2.24) is 0 Å². The molecule has 0 amide bonds. The first kappa shape index (κ1) is 13.6. The number of carbonyl (C=O) groups excluding carboxylic acids is 1. The molecule has 17 heavy (non-hydrogen) atoms. The van der Waals surface area contributed by atoms with Gasteiger partial charge in [-0.3, -0.25) is 4.79 Å². The van der Waals surface area contributed by atoms with Gasteiger partial charge in [-0.25, -0.2) is 8.78 Å². The van der Waals surface area contributed by atoms with E-state index in [1.54, 1.807) is 6.07 Å². The summed E-state index contributed by atoms with van der Waals surface area (Å²) in [6, 6.07) is 5.90. The Morgan fingerprint density at radius 2 is 2.06 bits per heavy atom. The number of esters is 1. The van der Waals surface area contributed by atoms with E-state index in [9.17, 15) is 13.6 Å². The summed E-state index contributed by atoms with van der Waals surface area (Å²) in [4.78, 5) is 11.1. The van der Waals surface area contributed by atoms with Gasteiger partial charge in [-0.05, 0) is 11.6 Å². The zero-order valence-electron chi connectivity index (χ0n) is 10.2. The van der Waals surface area contributed by atoms with Crippen LogP contribution < -0.4 is 0 Å². The summed E-state index contributed by atoms with van der Waals surface area (Å²) < 4.78 is 32.0. The fourth-order valence-electron chi connectivity index (χ4n) is 1.46. The summed E-state index contributed by atoms with van der Waals surface area (Å²) in [6.07, 6.45) is 0.0124. The number of benzene rings is 1. The summed E-state index contributed by atoms with van der Waals surface area (Å²) in [5.41, 5.74) is 0.476. The van der Waals surface area contributed by atoms with Crippen LogP contribution in [0, 0.1) is 5.92 Å². The molecule has 0 unspecified atom stereocenters. The standard InChI is InChI=1S/C13H16F2O2/c1-9(2)13(14,15)11-6-4-5-10(7-11)8-12(16)17-3/h4-7,9H,8H2,1-3H3. The number of alkyl halides is 2. The highest BCUT2D eigenvalue weighted by Crippen LogP contribution is 2.35. The molecule has 94 valence electrons. The van der Waals surface area contributed by atoms with Crippen LogP contribution >= 0.6 is 0 Å². The molecule has 0 spiro atoms. The van der Waals surface area contributed by atoms with Crippen molar-refractivity contribution >= 4 is 5.97 Å². The van der Waals surface area contributed by atoms with Crippen molar-refractivity contribution in [2.45, 2.75) is 26.2 Å². The number of hydrogen-bond donors (Lipinski definition) is 0. The van der Waals surface area contributed by atoms with Crippen LogP contribution in [0.3, 0.4) is 0 Å². The largest absolute Gasteiger partial charge is 0.469 e. The van der Waals surface area contributed by atoms with Crippen LogP contribution in [-0.2, 0) is 21.9 Å². The normalized spacial score (nSPS) is 11.6. The highest BCUT2D eigenvalue weighted by atomic mass is 19.3. The molecule has 0 aliphatic rings. The van der Waals surface area contributed by atoms with Crippen LogP contribution in [0.4, 0.5) is 8.78 Å². The van der Waals surface area contributed by atoms with Gasteiger partial charge >= 0.3 is 5.97 Å². The molecule has 0 aliphatic heterocycles. The monoisotopic (exact) mass is 242 g/mol. The Kier molecular flexibility index (Phi) is 4.21. The molecule has 2 nitrogen and oxygen atoms in total. The third-order valence-electron chi connectivity index (χ3n) is 2.61. The Morgan fingerprint density at radius 1 is 1.41 bits per heavy atom. The van der Waals surface area contributed by atoms with E-state index < -0.39 is 17.8 Å². The lowest BCUT2D eigenvalue weighted by molar-refractivity contribution is -0.139. The van der Waals surface area contributed by atoms with E-state index in [4.69, 9.17) is 0 Å². The zero-order valence-corrected chi connectivity index (χ0v) is 10.2. The van der Waals surface area contributed by atoms with Crippen LogP contribution in [0.2, 0.25) is 0 Å². The van der Waals surface area contributed by atoms with E-state index in [0.29, 0.717) is 5.56 Å². The molecule has 0 aliphatic carbocycles. The van der Waals surface area contributed by atoms with E-state index in [1.165, 1.54) is 39.2 Å². The fourth-order valence-corrected chi connectivity index (χ4v) is 1.46. The molecule has 0 heterocycles. The van der Waals surface area contributed by atoms with Gasteiger partial charge < -0.3 is 4.74 Å². The van der Waals surface area contributed by atoms with Crippen molar-refractivity contribution in [1.29, 1.82) is 0 Å². The molecule has 0 fully saturated rings. The summed E-state index contributed by atoms with van der Waals surface area (Å²) >= 11 is 0. The Morgan fingerprint density at radius 3 is 2.59 bits per heavy atom. The summed E-state index contributed by atoms with van der Waals surface area (Å²) in [7, 11) is 1.27. The van der Waals surface area contributed by atoms with E-state index in [2.05, 4.69) is 4.74 Å². The maximum atomic E-state index is 13.8. The second-order valence-corrected chi connectivity index (χ2v) is 4.23.